The zero-order chi connectivity index (χ0) is 13.0. The summed E-state index contributed by atoms with van der Waals surface area (Å²) in [6.45, 7) is 3.57. The van der Waals surface area contributed by atoms with Crippen molar-refractivity contribution in [3.8, 4) is 0 Å². The Hall–Kier alpha value is -0.470. The smallest absolute Gasteiger partial charge is 0.250 e. The molecule has 0 saturated carbocycles. The van der Waals surface area contributed by atoms with Crippen LogP contribution in [0.25, 0.3) is 0 Å². The lowest BCUT2D eigenvalue weighted by molar-refractivity contribution is -0.180. The quantitative estimate of drug-likeness (QED) is 0.892. The third-order valence-corrected chi connectivity index (χ3v) is 5.50. The molecule has 0 amide bonds. The molecule has 1 aromatic heterocycles. The van der Waals surface area contributed by atoms with Crippen molar-refractivity contribution in [2.75, 3.05) is 19.8 Å². The number of hydrogen-bond acceptors (Lipinski definition) is 5. The Kier molecular flexibility index (Phi) is 4.74. The lowest BCUT2D eigenvalue weighted by Gasteiger charge is -2.23. The van der Waals surface area contributed by atoms with Crippen molar-refractivity contribution in [1.82, 2.24) is 4.72 Å². The fraction of sp³-hybridized carbons (Fsp3) is 0.636. The summed E-state index contributed by atoms with van der Waals surface area (Å²) in [5.41, 5.74) is 0. The van der Waals surface area contributed by atoms with E-state index in [4.69, 9.17) is 9.47 Å². The first-order valence-electron chi connectivity index (χ1n) is 5.87. The largest absolute Gasteiger partial charge is 0.353 e. The molecule has 18 heavy (non-hydrogen) atoms. The summed E-state index contributed by atoms with van der Waals surface area (Å²) >= 11 is 1.27. The maximum absolute atomic E-state index is 11.9. The average Bonchev–Trinajstić information content (AvgIpc) is 2.78. The van der Waals surface area contributed by atoms with Crippen molar-refractivity contribution in [1.29, 1.82) is 0 Å². The number of thiophene rings is 1. The van der Waals surface area contributed by atoms with Crippen LogP contribution in [0.4, 0.5) is 0 Å². The van der Waals surface area contributed by atoms with Crippen LogP contribution in [0.5, 0.6) is 0 Å². The molecule has 0 unspecified atom stereocenters. The second kappa shape index (κ2) is 6.12. The van der Waals surface area contributed by atoms with Gasteiger partial charge in [0.1, 0.15) is 4.21 Å². The zero-order valence-electron chi connectivity index (χ0n) is 10.2. The molecule has 102 valence electrons. The number of nitrogens with one attached hydrogen (secondary N) is 1. The van der Waals surface area contributed by atoms with E-state index in [0.29, 0.717) is 30.4 Å². The molecule has 1 aromatic rings. The van der Waals surface area contributed by atoms with Crippen LogP contribution in [0.3, 0.4) is 0 Å². The molecule has 0 aromatic carbocycles. The highest BCUT2D eigenvalue weighted by atomic mass is 32.2. The highest BCUT2D eigenvalue weighted by Gasteiger charge is 2.18. The van der Waals surface area contributed by atoms with Crippen LogP contribution in [-0.2, 0) is 19.5 Å². The number of hydrogen-bond donors (Lipinski definition) is 1. The van der Waals surface area contributed by atoms with Gasteiger partial charge in [-0.2, -0.15) is 0 Å². The Bertz CT molecular complexity index is 477. The Labute approximate surface area is 111 Å². The number of aryl methyl sites for hydroxylation is 1. The van der Waals surface area contributed by atoms with Crippen LogP contribution in [0.2, 0.25) is 0 Å². The van der Waals surface area contributed by atoms with E-state index < -0.39 is 10.0 Å². The normalized spacial score (nSPS) is 18.1. The summed E-state index contributed by atoms with van der Waals surface area (Å²) in [6, 6.07) is 3.42. The van der Waals surface area contributed by atoms with Crippen molar-refractivity contribution >= 4 is 21.4 Å². The summed E-state index contributed by atoms with van der Waals surface area (Å²) in [5.74, 6) is 0. The molecule has 2 rings (SSSR count). The Morgan fingerprint density at radius 2 is 2.11 bits per heavy atom. The van der Waals surface area contributed by atoms with Gasteiger partial charge in [-0.3, -0.25) is 0 Å². The molecule has 0 spiro atoms. The first kappa shape index (κ1) is 14.0. The molecule has 1 aliphatic heterocycles. The predicted molar refractivity (Wildman–Crippen MR) is 69.2 cm³/mol. The monoisotopic (exact) mass is 291 g/mol. The van der Waals surface area contributed by atoms with E-state index in [2.05, 4.69) is 4.72 Å². The molecular formula is C11H17NO4S2. The minimum Gasteiger partial charge on any atom is -0.353 e. The fourth-order valence-electron chi connectivity index (χ4n) is 1.64. The third-order valence-electron chi connectivity index (χ3n) is 2.55. The van der Waals surface area contributed by atoms with E-state index in [0.717, 1.165) is 11.3 Å². The van der Waals surface area contributed by atoms with Gasteiger partial charge in [0.25, 0.3) is 0 Å². The third kappa shape index (κ3) is 3.76. The molecule has 1 fully saturated rings. The number of ether oxygens (including phenoxy) is 2. The number of rotatable bonds is 5. The molecule has 0 bridgehead atoms. The lowest BCUT2D eigenvalue weighted by Crippen LogP contribution is -2.31. The maximum atomic E-state index is 11.9. The molecule has 0 aliphatic carbocycles. The topological polar surface area (TPSA) is 64.6 Å². The first-order chi connectivity index (χ1) is 8.58. The predicted octanol–water partition coefficient (Wildman–Crippen LogP) is 1.49. The van der Waals surface area contributed by atoms with Gasteiger partial charge in [-0.15, -0.1) is 11.3 Å². The van der Waals surface area contributed by atoms with Crippen molar-refractivity contribution in [3.05, 3.63) is 17.0 Å². The van der Waals surface area contributed by atoms with Gasteiger partial charge < -0.3 is 9.47 Å². The van der Waals surface area contributed by atoms with Gasteiger partial charge in [-0.05, 0) is 25.5 Å². The highest BCUT2D eigenvalue weighted by Crippen LogP contribution is 2.20. The van der Waals surface area contributed by atoms with Gasteiger partial charge in [0.05, 0.1) is 13.2 Å². The first-order valence-corrected chi connectivity index (χ1v) is 8.17. The lowest BCUT2D eigenvalue weighted by atomic mass is 10.4. The summed E-state index contributed by atoms with van der Waals surface area (Å²) < 4.78 is 37.4. The highest BCUT2D eigenvalue weighted by molar-refractivity contribution is 7.91. The van der Waals surface area contributed by atoms with Crippen LogP contribution in [0, 0.1) is 6.92 Å². The molecule has 1 N–H and O–H groups in total. The van der Waals surface area contributed by atoms with E-state index in [1.807, 2.05) is 6.92 Å². The van der Waals surface area contributed by atoms with E-state index in [-0.39, 0.29) is 6.29 Å². The molecule has 7 heteroatoms. The van der Waals surface area contributed by atoms with Crippen molar-refractivity contribution in [2.24, 2.45) is 0 Å². The van der Waals surface area contributed by atoms with Crippen molar-refractivity contribution in [2.45, 2.75) is 30.3 Å². The van der Waals surface area contributed by atoms with Crippen LogP contribution >= 0.6 is 11.3 Å². The second-order valence-corrected chi connectivity index (χ2v) is 7.36. The minimum absolute atomic E-state index is 0.286. The van der Waals surface area contributed by atoms with Gasteiger partial charge in [0, 0.05) is 17.8 Å². The summed E-state index contributed by atoms with van der Waals surface area (Å²) in [6.07, 6.45) is 1.15. The molecule has 2 heterocycles. The van der Waals surface area contributed by atoms with E-state index in [1.54, 1.807) is 12.1 Å². The molecular weight excluding hydrogens is 274 g/mol. The van der Waals surface area contributed by atoms with Crippen LogP contribution < -0.4 is 4.72 Å². The zero-order valence-corrected chi connectivity index (χ0v) is 11.9. The standard InChI is InChI=1S/C11H17NO4S2/c1-9-3-4-11(17-9)18(13,14)12-6-5-10-15-7-2-8-16-10/h3-4,10,12H,2,5-8H2,1H3. The number of sulfonamides is 1. The van der Waals surface area contributed by atoms with Crippen molar-refractivity contribution < 1.29 is 17.9 Å². The Balaban J connectivity index is 1.82. The minimum atomic E-state index is -3.38. The molecule has 1 aliphatic rings. The second-order valence-electron chi connectivity index (χ2n) is 4.08. The average molecular weight is 291 g/mol. The Morgan fingerprint density at radius 1 is 1.39 bits per heavy atom. The fourth-order valence-corrected chi connectivity index (χ4v) is 4.02. The summed E-state index contributed by atoms with van der Waals surface area (Å²) in [7, 11) is -3.38. The van der Waals surface area contributed by atoms with Crippen molar-refractivity contribution in [3.63, 3.8) is 0 Å². The summed E-state index contributed by atoms with van der Waals surface area (Å²) in [5, 5.41) is 0. The van der Waals surface area contributed by atoms with Crippen LogP contribution in [0.15, 0.2) is 16.3 Å². The van der Waals surface area contributed by atoms with Crippen LogP contribution in [0.1, 0.15) is 17.7 Å². The van der Waals surface area contributed by atoms with Gasteiger partial charge in [0.2, 0.25) is 10.0 Å². The van der Waals surface area contributed by atoms with Gasteiger partial charge in [0.15, 0.2) is 6.29 Å². The molecule has 1 saturated heterocycles. The molecule has 5 nitrogen and oxygen atoms in total. The maximum Gasteiger partial charge on any atom is 0.250 e. The molecule has 0 radical (unpaired) electrons. The Morgan fingerprint density at radius 3 is 2.72 bits per heavy atom. The van der Waals surface area contributed by atoms with Gasteiger partial charge >= 0.3 is 0 Å². The van der Waals surface area contributed by atoms with E-state index in [1.165, 1.54) is 11.3 Å². The summed E-state index contributed by atoms with van der Waals surface area (Å²) in [4.78, 5) is 0.981. The van der Waals surface area contributed by atoms with Crippen LogP contribution in [-0.4, -0.2) is 34.5 Å². The molecule has 0 atom stereocenters. The van der Waals surface area contributed by atoms with E-state index in [9.17, 15) is 8.42 Å². The van der Waals surface area contributed by atoms with Gasteiger partial charge in [-0.1, -0.05) is 0 Å². The van der Waals surface area contributed by atoms with E-state index >= 15 is 0 Å². The SMILES string of the molecule is Cc1ccc(S(=O)(=O)NCCC2OCCCO2)s1. The van der Waals surface area contributed by atoms with Gasteiger partial charge in [-0.25, -0.2) is 13.1 Å².